The fraction of sp³-hybridized carbons (Fsp3) is 0.227. The summed E-state index contributed by atoms with van der Waals surface area (Å²) >= 11 is 1.55. The average molecular weight is 426 g/mol. The number of hydrogen-bond donors (Lipinski definition) is 1. The molecule has 0 saturated heterocycles. The van der Waals surface area contributed by atoms with Gasteiger partial charge in [-0.2, -0.15) is 11.3 Å². The van der Waals surface area contributed by atoms with Crippen LogP contribution in [0.15, 0.2) is 58.0 Å². The molecule has 0 atom stereocenters. The lowest BCUT2D eigenvalue weighted by Crippen LogP contribution is -2.31. The number of thiophene rings is 1. The number of benzene rings is 1. The number of rotatable bonds is 7. The van der Waals surface area contributed by atoms with Gasteiger partial charge < -0.3 is 9.47 Å². The Hall–Kier alpha value is -3.39. The largest absolute Gasteiger partial charge is 0.468 e. The van der Waals surface area contributed by atoms with Crippen molar-refractivity contribution < 1.29 is 19.1 Å². The molecular formula is C22H22N2O5S. The first-order chi connectivity index (χ1) is 14.5. The maximum Gasteiger partial charge on any atom is 0.412 e. The molecule has 30 heavy (non-hydrogen) atoms. The number of anilines is 1. The Kier molecular flexibility index (Phi) is 7.03. The smallest absolute Gasteiger partial charge is 0.412 e. The van der Waals surface area contributed by atoms with Gasteiger partial charge in [-0.15, -0.1) is 0 Å². The number of amides is 1. The summed E-state index contributed by atoms with van der Waals surface area (Å²) in [5.74, 6) is -0.552. The van der Waals surface area contributed by atoms with Crippen LogP contribution in [0.25, 0.3) is 0 Å². The normalized spacial score (nSPS) is 10.5. The number of pyridine rings is 1. The number of ether oxygens (including phenoxy) is 2. The van der Waals surface area contributed by atoms with Crippen LogP contribution < -0.4 is 10.9 Å². The highest BCUT2D eigenvalue weighted by Gasteiger charge is 2.18. The lowest BCUT2D eigenvalue weighted by Gasteiger charge is -2.16. The van der Waals surface area contributed by atoms with Crippen molar-refractivity contribution in [2.24, 2.45) is 0 Å². The lowest BCUT2D eigenvalue weighted by molar-refractivity contribution is -0.141. The summed E-state index contributed by atoms with van der Waals surface area (Å²) < 4.78 is 11.2. The van der Waals surface area contributed by atoms with Gasteiger partial charge in [0.15, 0.2) is 0 Å². The summed E-state index contributed by atoms with van der Waals surface area (Å²) in [4.78, 5) is 37.2. The monoisotopic (exact) mass is 426 g/mol. The van der Waals surface area contributed by atoms with Crippen molar-refractivity contribution in [3.63, 3.8) is 0 Å². The van der Waals surface area contributed by atoms with E-state index in [1.165, 1.54) is 11.7 Å². The van der Waals surface area contributed by atoms with Crippen molar-refractivity contribution in [3.05, 3.63) is 86.0 Å². The fourth-order valence-corrected chi connectivity index (χ4v) is 3.64. The van der Waals surface area contributed by atoms with Crippen molar-refractivity contribution in [2.45, 2.75) is 26.5 Å². The van der Waals surface area contributed by atoms with E-state index >= 15 is 0 Å². The van der Waals surface area contributed by atoms with E-state index in [9.17, 15) is 14.4 Å². The van der Waals surface area contributed by atoms with Gasteiger partial charge in [-0.1, -0.05) is 30.3 Å². The number of nitrogens with zero attached hydrogens (tertiary/aromatic N) is 1. The first kappa shape index (κ1) is 21.3. The molecule has 156 valence electrons. The van der Waals surface area contributed by atoms with E-state index in [1.807, 2.05) is 47.2 Å². The molecule has 1 N–H and O–H groups in total. The van der Waals surface area contributed by atoms with Crippen molar-refractivity contribution >= 4 is 29.1 Å². The number of carbonyl (C=O) groups is 2. The van der Waals surface area contributed by atoms with Crippen LogP contribution in [0.2, 0.25) is 0 Å². The maximum absolute atomic E-state index is 13.1. The number of aromatic nitrogens is 1. The van der Waals surface area contributed by atoms with Crippen LogP contribution in [0.1, 0.15) is 22.4 Å². The van der Waals surface area contributed by atoms with Crippen molar-refractivity contribution in [2.75, 3.05) is 12.4 Å². The third-order valence-corrected chi connectivity index (χ3v) is 5.25. The topological polar surface area (TPSA) is 86.6 Å². The first-order valence-corrected chi connectivity index (χ1v) is 10.2. The number of nitrogens with one attached hydrogen (secondary N) is 1. The molecular weight excluding hydrogens is 404 g/mol. The molecule has 0 aliphatic heterocycles. The minimum atomic E-state index is -0.740. The Morgan fingerprint density at radius 2 is 1.90 bits per heavy atom. The molecule has 0 fully saturated rings. The second-order valence-corrected chi connectivity index (χ2v) is 7.43. The number of methoxy groups -OCH3 is 1. The molecule has 7 nitrogen and oxygen atoms in total. The Morgan fingerprint density at radius 1 is 1.13 bits per heavy atom. The van der Waals surface area contributed by atoms with E-state index in [4.69, 9.17) is 4.74 Å². The molecule has 1 amide bonds. The van der Waals surface area contributed by atoms with E-state index < -0.39 is 17.6 Å². The standard InChI is InChI=1S/C22H22N2O5S/c1-15-10-18(11-17-8-9-30-14-17)20(21(26)24(15)12-19(25)28-2)23-22(27)29-13-16-6-4-3-5-7-16/h3-10,14H,11-13H2,1-2H3,(H,23,27). The maximum atomic E-state index is 13.1. The number of esters is 1. The molecule has 3 rings (SSSR count). The second-order valence-electron chi connectivity index (χ2n) is 6.65. The van der Waals surface area contributed by atoms with E-state index in [0.29, 0.717) is 17.7 Å². The zero-order valence-electron chi connectivity index (χ0n) is 16.7. The van der Waals surface area contributed by atoms with E-state index in [1.54, 1.807) is 24.3 Å². The van der Waals surface area contributed by atoms with Crippen molar-refractivity contribution in [1.82, 2.24) is 4.57 Å². The minimum Gasteiger partial charge on any atom is -0.468 e. The molecule has 0 radical (unpaired) electrons. The highest BCUT2D eigenvalue weighted by Crippen LogP contribution is 2.20. The van der Waals surface area contributed by atoms with E-state index in [0.717, 1.165) is 11.1 Å². The lowest BCUT2D eigenvalue weighted by atomic mass is 10.1. The van der Waals surface area contributed by atoms with Crippen molar-refractivity contribution in [3.8, 4) is 0 Å². The Bertz CT molecular complexity index is 1070. The third kappa shape index (κ3) is 5.36. The van der Waals surface area contributed by atoms with Crippen LogP contribution in [-0.4, -0.2) is 23.7 Å². The summed E-state index contributed by atoms with van der Waals surface area (Å²) in [6, 6.07) is 13.0. The molecule has 8 heteroatoms. The van der Waals surface area contributed by atoms with Gasteiger partial charge in [0.2, 0.25) is 0 Å². The van der Waals surface area contributed by atoms with Crippen LogP contribution in [0.4, 0.5) is 10.5 Å². The van der Waals surface area contributed by atoms with Crippen LogP contribution in [0.3, 0.4) is 0 Å². The van der Waals surface area contributed by atoms with E-state index in [2.05, 4.69) is 10.1 Å². The average Bonchev–Trinajstić information content (AvgIpc) is 3.26. The summed E-state index contributed by atoms with van der Waals surface area (Å²) in [5.41, 5.74) is 2.70. The summed E-state index contributed by atoms with van der Waals surface area (Å²) in [6.07, 6.45) is -0.275. The molecule has 0 unspecified atom stereocenters. The molecule has 0 saturated carbocycles. The van der Waals surface area contributed by atoms with Gasteiger partial charge in [-0.05, 0) is 46.5 Å². The number of carbonyl (C=O) groups excluding carboxylic acids is 2. The van der Waals surface area contributed by atoms with Gasteiger partial charge in [-0.3, -0.25) is 19.5 Å². The second kappa shape index (κ2) is 9.89. The minimum absolute atomic E-state index is 0.0781. The first-order valence-electron chi connectivity index (χ1n) is 9.27. The number of hydrogen-bond acceptors (Lipinski definition) is 6. The molecule has 3 aromatic rings. The Balaban J connectivity index is 1.88. The predicted octanol–water partition coefficient (Wildman–Crippen LogP) is 3.73. The molecule has 0 bridgehead atoms. The predicted molar refractivity (Wildman–Crippen MR) is 115 cm³/mol. The molecule has 1 aromatic carbocycles. The summed E-state index contributed by atoms with van der Waals surface area (Å²) in [7, 11) is 1.26. The van der Waals surface area contributed by atoms with Crippen LogP contribution in [0, 0.1) is 6.92 Å². The summed E-state index contributed by atoms with van der Waals surface area (Å²) in [6.45, 7) is 1.57. The molecule has 2 heterocycles. The van der Waals surface area contributed by atoms with Crippen LogP contribution >= 0.6 is 11.3 Å². The van der Waals surface area contributed by atoms with Gasteiger partial charge in [0.25, 0.3) is 5.56 Å². The van der Waals surface area contributed by atoms with Gasteiger partial charge in [0.1, 0.15) is 18.8 Å². The van der Waals surface area contributed by atoms with Gasteiger partial charge in [-0.25, -0.2) is 4.79 Å². The van der Waals surface area contributed by atoms with Gasteiger partial charge in [0.05, 0.1) is 7.11 Å². The molecule has 0 aliphatic carbocycles. The van der Waals surface area contributed by atoms with Crippen LogP contribution in [0.5, 0.6) is 0 Å². The zero-order chi connectivity index (χ0) is 21.5. The molecule has 2 aromatic heterocycles. The fourth-order valence-electron chi connectivity index (χ4n) is 2.97. The molecule has 0 aliphatic rings. The van der Waals surface area contributed by atoms with Crippen molar-refractivity contribution in [1.29, 1.82) is 0 Å². The van der Waals surface area contributed by atoms with Crippen LogP contribution in [-0.2, 0) is 33.8 Å². The number of aryl methyl sites for hydroxylation is 1. The molecule has 0 spiro atoms. The highest BCUT2D eigenvalue weighted by molar-refractivity contribution is 7.07. The Morgan fingerprint density at radius 3 is 2.57 bits per heavy atom. The highest BCUT2D eigenvalue weighted by atomic mass is 32.1. The zero-order valence-corrected chi connectivity index (χ0v) is 17.5. The van der Waals surface area contributed by atoms with E-state index in [-0.39, 0.29) is 18.8 Å². The van der Waals surface area contributed by atoms with Gasteiger partial charge in [0, 0.05) is 12.1 Å². The van der Waals surface area contributed by atoms with Gasteiger partial charge >= 0.3 is 12.1 Å². The quantitative estimate of drug-likeness (QED) is 0.582. The third-order valence-electron chi connectivity index (χ3n) is 4.52. The SMILES string of the molecule is COC(=O)Cn1c(C)cc(Cc2ccsc2)c(NC(=O)OCc2ccccc2)c1=O. The summed E-state index contributed by atoms with van der Waals surface area (Å²) in [5, 5.41) is 6.50. The Labute approximate surface area is 177 Å².